The molecule has 0 unspecified atom stereocenters. The number of carbonyl (C=O) groups is 1. The second-order valence-electron chi connectivity index (χ2n) is 5.39. The molecule has 3 heterocycles. The van der Waals surface area contributed by atoms with Crippen molar-refractivity contribution in [2.45, 2.75) is 25.8 Å². The number of likely N-dealkylation sites (tertiary alicyclic amines) is 1. The van der Waals surface area contributed by atoms with Gasteiger partial charge in [-0.25, -0.2) is 4.98 Å². The molecular formula is C15H19ClN4O. The average Bonchev–Trinajstić information content (AvgIpc) is 2.89. The number of rotatable bonds is 4. The number of halogens is 1. The quantitative estimate of drug-likeness (QED) is 0.941. The molecule has 5 nitrogen and oxygen atoms in total. The maximum atomic E-state index is 12.0. The van der Waals surface area contributed by atoms with Crippen LogP contribution in [-0.4, -0.2) is 39.8 Å². The van der Waals surface area contributed by atoms with Crippen LogP contribution in [-0.2, 0) is 11.3 Å². The monoisotopic (exact) mass is 306 g/mol. The van der Waals surface area contributed by atoms with Crippen molar-refractivity contribution in [3.63, 3.8) is 0 Å². The van der Waals surface area contributed by atoms with Gasteiger partial charge >= 0.3 is 0 Å². The summed E-state index contributed by atoms with van der Waals surface area (Å²) in [4.78, 5) is 18.4. The number of carbonyl (C=O) groups excluding carboxylic acids is 1. The zero-order valence-electron chi connectivity index (χ0n) is 11.9. The van der Waals surface area contributed by atoms with E-state index in [9.17, 15) is 4.79 Å². The molecule has 0 spiro atoms. The third-order valence-electron chi connectivity index (χ3n) is 3.76. The Bertz CT molecular complexity index is 634. The fraction of sp³-hybridized carbons (Fsp3) is 0.467. The number of aromatic nitrogens is 2. The maximum Gasteiger partial charge on any atom is 0.236 e. The third-order valence-corrected chi connectivity index (χ3v) is 3.98. The number of piperidine rings is 1. The SMILES string of the molecule is O=C(CNCc1cn2cc(Cl)ccc2n1)N1CCCCC1. The first-order valence-electron chi connectivity index (χ1n) is 7.34. The van der Waals surface area contributed by atoms with Crippen molar-refractivity contribution in [1.82, 2.24) is 19.6 Å². The van der Waals surface area contributed by atoms with Crippen LogP contribution in [0.4, 0.5) is 0 Å². The highest BCUT2D eigenvalue weighted by molar-refractivity contribution is 6.30. The molecule has 0 bridgehead atoms. The largest absolute Gasteiger partial charge is 0.342 e. The number of fused-ring (bicyclic) bond motifs is 1. The van der Waals surface area contributed by atoms with Gasteiger partial charge in [0.15, 0.2) is 0 Å². The van der Waals surface area contributed by atoms with Gasteiger partial charge < -0.3 is 14.6 Å². The van der Waals surface area contributed by atoms with Crippen molar-refractivity contribution >= 4 is 23.2 Å². The zero-order valence-corrected chi connectivity index (χ0v) is 12.6. The Morgan fingerprint density at radius 2 is 2.05 bits per heavy atom. The first kappa shape index (κ1) is 14.4. The van der Waals surface area contributed by atoms with Crippen LogP contribution in [0.2, 0.25) is 5.02 Å². The summed E-state index contributed by atoms with van der Waals surface area (Å²) in [6.45, 7) is 2.74. The molecule has 1 aliphatic heterocycles. The Kier molecular flexibility index (Phi) is 4.41. The van der Waals surface area contributed by atoms with E-state index in [1.807, 2.05) is 33.8 Å². The lowest BCUT2D eigenvalue weighted by Gasteiger charge is -2.26. The summed E-state index contributed by atoms with van der Waals surface area (Å²) in [5.41, 5.74) is 1.77. The summed E-state index contributed by atoms with van der Waals surface area (Å²) in [6, 6.07) is 3.70. The molecule has 3 rings (SSSR count). The first-order valence-corrected chi connectivity index (χ1v) is 7.72. The van der Waals surface area contributed by atoms with Gasteiger partial charge in [0, 0.05) is 32.0 Å². The van der Waals surface area contributed by atoms with Gasteiger partial charge in [0.2, 0.25) is 5.91 Å². The average molecular weight is 307 g/mol. The molecule has 1 saturated heterocycles. The third kappa shape index (κ3) is 3.54. The Labute approximate surface area is 128 Å². The number of hydrogen-bond donors (Lipinski definition) is 1. The van der Waals surface area contributed by atoms with E-state index in [1.54, 1.807) is 0 Å². The Morgan fingerprint density at radius 3 is 2.86 bits per heavy atom. The molecule has 112 valence electrons. The fourth-order valence-electron chi connectivity index (χ4n) is 2.65. The summed E-state index contributed by atoms with van der Waals surface area (Å²) in [5, 5.41) is 3.85. The van der Waals surface area contributed by atoms with Gasteiger partial charge in [-0.05, 0) is 31.4 Å². The van der Waals surface area contributed by atoms with Crippen LogP contribution >= 0.6 is 11.6 Å². The standard InChI is InChI=1S/C15H19ClN4O/c16-12-4-5-14-18-13(11-20(14)10-12)8-17-9-15(21)19-6-2-1-3-7-19/h4-5,10-11,17H,1-3,6-9H2. The topological polar surface area (TPSA) is 49.6 Å². The zero-order chi connectivity index (χ0) is 14.7. The van der Waals surface area contributed by atoms with E-state index in [2.05, 4.69) is 10.3 Å². The molecule has 0 aliphatic carbocycles. The van der Waals surface area contributed by atoms with Crippen molar-refractivity contribution in [1.29, 1.82) is 0 Å². The van der Waals surface area contributed by atoms with Crippen LogP contribution in [0.25, 0.3) is 5.65 Å². The van der Waals surface area contributed by atoms with E-state index in [0.29, 0.717) is 18.1 Å². The second kappa shape index (κ2) is 6.45. The molecule has 0 saturated carbocycles. The van der Waals surface area contributed by atoms with Crippen LogP contribution in [0, 0.1) is 0 Å². The molecular weight excluding hydrogens is 288 g/mol. The number of pyridine rings is 1. The molecule has 2 aromatic heterocycles. The van der Waals surface area contributed by atoms with Crippen molar-refractivity contribution in [2.75, 3.05) is 19.6 Å². The van der Waals surface area contributed by atoms with Crippen molar-refractivity contribution in [2.24, 2.45) is 0 Å². The molecule has 6 heteroatoms. The minimum Gasteiger partial charge on any atom is -0.342 e. The predicted octanol–water partition coefficient (Wildman–Crippen LogP) is 2.09. The number of hydrogen-bond acceptors (Lipinski definition) is 3. The fourth-order valence-corrected chi connectivity index (χ4v) is 2.82. The highest BCUT2D eigenvalue weighted by Gasteiger charge is 2.15. The molecule has 0 aromatic carbocycles. The number of amides is 1. The van der Waals surface area contributed by atoms with Crippen LogP contribution in [0.1, 0.15) is 25.0 Å². The van der Waals surface area contributed by atoms with E-state index in [-0.39, 0.29) is 5.91 Å². The van der Waals surface area contributed by atoms with Crippen molar-refractivity contribution in [3.05, 3.63) is 35.2 Å². The summed E-state index contributed by atoms with van der Waals surface area (Å²) < 4.78 is 1.89. The lowest BCUT2D eigenvalue weighted by molar-refractivity contribution is -0.131. The van der Waals surface area contributed by atoms with Crippen LogP contribution in [0.3, 0.4) is 0 Å². The molecule has 1 amide bonds. The van der Waals surface area contributed by atoms with Crippen molar-refractivity contribution < 1.29 is 4.79 Å². The van der Waals surface area contributed by atoms with E-state index < -0.39 is 0 Å². The van der Waals surface area contributed by atoms with Gasteiger partial charge in [-0.2, -0.15) is 0 Å². The maximum absolute atomic E-state index is 12.0. The van der Waals surface area contributed by atoms with Crippen LogP contribution in [0.5, 0.6) is 0 Å². The Morgan fingerprint density at radius 1 is 1.24 bits per heavy atom. The van der Waals surface area contributed by atoms with Gasteiger partial charge in [0.1, 0.15) is 5.65 Å². The number of nitrogens with one attached hydrogen (secondary N) is 1. The summed E-state index contributed by atoms with van der Waals surface area (Å²) in [5.74, 6) is 0.182. The highest BCUT2D eigenvalue weighted by atomic mass is 35.5. The Hall–Kier alpha value is -1.59. The van der Waals surface area contributed by atoms with Crippen LogP contribution < -0.4 is 5.32 Å². The van der Waals surface area contributed by atoms with E-state index >= 15 is 0 Å². The number of imidazole rings is 1. The lowest BCUT2D eigenvalue weighted by Crippen LogP contribution is -2.40. The van der Waals surface area contributed by atoms with Gasteiger partial charge in [0.05, 0.1) is 17.3 Å². The molecule has 0 radical (unpaired) electrons. The van der Waals surface area contributed by atoms with Crippen LogP contribution in [0.15, 0.2) is 24.5 Å². The minimum atomic E-state index is 0.182. The highest BCUT2D eigenvalue weighted by Crippen LogP contribution is 2.12. The van der Waals surface area contributed by atoms with Gasteiger partial charge in [0.25, 0.3) is 0 Å². The van der Waals surface area contributed by atoms with Gasteiger partial charge in [-0.1, -0.05) is 11.6 Å². The normalized spacial score (nSPS) is 15.6. The minimum absolute atomic E-state index is 0.182. The molecule has 1 N–H and O–H groups in total. The number of nitrogens with zero attached hydrogens (tertiary/aromatic N) is 3. The first-order chi connectivity index (χ1) is 10.2. The molecule has 21 heavy (non-hydrogen) atoms. The van der Waals surface area contributed by atoms with Gasteiger partial charge in [-0.3, -0.25) is 4.79 Å². The lowest BCUT2D eigenvalue weighted by atomic mass is 10.1. The Balaban J connectivity index is 1.53. The summed E-state index contributed by atoms with van der Waals surface area (Å²) in [6.07, 6.45) is 7.24. The van der Waals surface area contributed by atoms with Gasteiger partial charge in [-0.15, -0.1) is 0 Å². The molecule has 1 fully saturated rings. The van der Waals surface area contributed by atoms with Crippen molar-refractivity contribution in [3.8, 4) is 0 Å². The van der Waals surface area contributed by atoms with E-state index in [1.165, 1.54) is 6.42 Å². The molecule has 2 aromatic rings. The summed E-state index contributed by atoms with van der Waals surface area (Å²) >= 11 is 5.95. The molecule has 1 aliphatic rings. The summed E-state index contributed by atoms with van der Waals surface area (Å²) in [7, 11) is 0. The smallest absolute Gasteiger partial charge is 0.236 e. The second-order valence-corrected chi connectivity index (χ2v) is 5.83. The van der Waals surface area contributed by atoms with E-state index in [4.69, 9.17) is 11.6 Å². The predicted molar refractivity (Wildman–Crippen MR) is 82.3 cm³/mol. The molecule has 0 atom stereocenters. The van der Waals surface area contributed by atoms with E-state index in [0.717, 1.165) is 37.3 Å².